The maximum atomic E-state index is 11.0. The lowest BCUT2D eigenvalue weighted by Crippen LogP contribution is -2.26. The first-order chi connectivity index (χ1) is 9.63. The molecule has 1 aromatic carbocycles. The van der Waals surface area contributed by atoms with Crippen LogP contribution in [0, 0.1) is 10.1 Å². The Morgan fingerprint density at radius 2 is 2.10 bits per heavy atom. The Labute approximate surface area is 123 Å². The molecule has 110 valence electrons. The SMILES string of the molecule is CCSC1CCCC1Nc1cc(NC)cc([N+](=O)[O-])c1. The lowest BCUT2D eigenvalue weighted by Gasteiger charge is -2.21. The van der Waals surface area contributed by atoms with Crippen LogP contribution in [-0.2, 0) is 0 Å². The molecule has 2 unspecified atom stereocenters. The quantitative estimate of drug-likeness (QED) is 0.618. The number of benzene rings is 1. The molecule has 0 bridgehead atoms. The molecule has 1 aliphatic rings. The molecule has 6 heteroatoms. The lowest BCUT2D eigenvalue weighted by atomic mass is 10.2. The summed E-state index contributed by atoms with van der Waals surface area (Å²) in [5, 5.41) is 18.0. The van der Waals surface area contributed by atoms with E-state index < -0.39 is 0 Å². The fourth-order valence-corrected chi connectivity index (χ4v) is 3.86. The van der Waals surface area contributed by atoms with Gasteiger partial charge in [0.05, 0.1) is 4.92 Å². The molecule has 0 radical (unpaired) electrons. The molecule has 0 aliphatic heterocycles. The summed E-state index contributed by atoms with van der Waals surface area (Å²) < 4.78 is 0. The smallest absolute Gasteiger partial charge is 0.273 e. The van der Waals surface area contributed by atoms with Crippen molar-refractivity contribution < 1.29 is 4.92 Å². The van der Waals surface area contributed by atoms with Gasteiger partial charge in [-0.05, 0) is 24.7 Å². The van der Waals surface area contributed by atoms with Gasteiger partial charge in [-0.2, -0.15) is 11.8 Å². The minimum absolute atomic E-state index is 0.122. The van der Waals surface area contributed by atoms with Crippen LogP contribution in [0.5, 0.6) is 0 Å². The first-order valence-corrected chi connectivity index (χ1v) is 8.04. The number of non-ortho nitro benzene ring substituents is 1. The van der Waals surface area contributed by atoms with E-state index in [9.17, 15) is 10.1 Å². The first kappa shape index (κ1) is 15.0. The number of thioether (sulfide) groups is 1. The van der Waals surface area contributed by atoms with Crippen molar-refractivity contribution in [2.75, 3.05) is 23.4 Å². The lowest BCUT2D eigenvalue weighted by molar-refractivity contribution is -0.384. The number of nitro benzene ring substituents is 1. The Morgan fingerprint density at radius 1 is 1.35 bits per heavy atom. The second kappa shape index (κ2) is 6.83. The predicted molar refractivity (Wildman–Crippen MR) is 85.8 cm³/mol. The second-order valence-electron chi connectivity index (χ2n) is 4.95. The fourth-order valence-electron chi connectivity index (χ4n) is 2.66. The van der Waals surface area contributed by atoms with Gasteiger partial charge in [0.25, 0.3) is 5.69 Å². The molecular formula is C14H21N3O2S. The van der Waals surface area contributed by atoms with Gasteiger partial charge in [0, 0.05) is 41.8 Å². The average molecular weight is 295 g/mol. The highest BCUT2D eigenvalue weighted by molar-refractivity contribution is 7.99. The summed E-state index contributed by atoms with van der Waals surface area (Å²) in [5.74, 6) is 1.11. The molecule has 2 atom stereocenters. The zero-order valence-corrected chi connectivity index (χ0v) is 12.7. The van der Waals surface area contributed by atoms with Gasteiger partial charge in [0.15, 0.2) is 0 Å². The van der Waals surface area contributed by atoms with Crippen LogP contribution in [0.4, 0.5) is 17.1 Å². The molecule has 1 saturated carbocycles. The van der Waals surface area contributed by atoms with E-state index in [1.54, 1.807) is 19.2 Å². The van der Waals surface area contributed by atoms with Crippen molar-refractivity contribution >= 4 is 28.8 Å². The van der Waals surface area contributed by atoms with E-state index in [0.29, 0.717) is 11.3 Å². The summed E-state index contributed by atoms with van der Waals surface area (Å²) >= 11 is 1.97. The summed E-state index contributed by atoms with van der Waals surface area (Å²) in [6.45, 7) is 2.17. The summed E-state index contributed by atoms with van der Waals surface area (Å²) in [4.78, 5) is 10.6. The molecule has 0 amide bonds. The Bertz CT molecular complexity index is 481. The second-order valence-corrected chi connectivity index (χ2v) is 6.47. The summed E-state index contributed by atoms with van der Waals surface area (Å²) in [6, 6.07) is 5.51. The van der Waals surface area contributed by atoms with E-state index >= 15 is 0 Å². The molecule has 0 aromatic heterocycles. The highest BCUT2D eigenvalue weighted by Crippen LogP contribution is 2.33. The van der Waals surface area contributed by atoms with E-state index in [-0.39, 0.29) is 10.6 Å². The number of rotatable bonds is 6. The van der Waals surface area contributed by atoms with Crippen LogP contribution in [0.25, 0.3) is 0 Å². The van der Waals surface area contributed by atoms with Gasteiger partial charge in [-0.15, -0.1) is 0 Å². The van der Waals surface area contributed by atoms with Crippen LogP contribution in [0.15, 0.2) is 18.2 Å². The van der Waals surface area contributed by atoms with Gasteiger partial charge in [-0.25, -0.2) is 0 Å². The van der Waals surface area contributed by atoms with Crippen LogP contribution in [-0.4, -0.2) is 29.0 Å². The predicted octanol–water partition coefficient (Wildman–Crippen LogP) is 3.72. The van der Waals surface area contributed by atoms with Gasteiger partial charge < -0.3 is 10.6 Å². The number of hydrogen-bond donors (Lipinski definition) is 2. The number of nitrogens with one attached hydrogen (secondary N) is 2. The molecule has 1 aliphatic carbocycles. The van der Waals surface area contributed by atoms with Gasteiger partial charge in [0.2, 0.25) is 0 Å². The molecule has 0 heterocycles. The largest absolute Gasteiger partial charge is 0.388 e. The number of nitro groups is 1. The third kappa shape index (κ3) is 3.56. The third-order valence-electron chi connectivity index (χ3n) is 3.60. The topological polar surface area (TPSA) is 67.2 Å². The van der Waals surface area contributed by atoms with Gasteiger partial charge in [0.1, 0.15) is 0 Å². The number of anilines is 2. The van der Waals surface area contributed by atoms with Crippen molar-refractivity contribution in [3.63, 3.8) is 0 Å². The molecule has 1 aromatic rings. The highest BCUT2D eigenvalue weighted by atomic mass is 32.2. The van der Waals surface area contributed by atoms with Crippen molar-refractivity contribution in [1.29, 1.82) is 0 Å². The van der Waals surface area contributed by atoms with E-state index in [0.717, 1.165) is 23.5 Å². The van der Waals surface area contributed by atoms with Crippen LogP contribution in [0.3, 0.4) is 0 Å². The Morgan fingerprint density at radius 3 is 2.75 bits per heavy atom. The summed E-state index contributed by atoms with van der Waals surface area (Å²) in [6.07, 6.45) is 3.59. The standard InChI is InChI=1S/C14H21N3O2S/c1-3-20-14-6-4-5-13(14)16-11-7-10(15-2)8-12(9-11)17(18)19/h7-9,13-16H,3-6H2,1-2H3. The maximum Gasteiger partial charge on any atom is 0.273 e. The van der Waals surface area contributed by atoms with Crippen molar-refractivity contribution in [2.24, 2.45) is 0 Å². The monoisotopic (exact) mass is 295 g/mol. The first-order valence-electron chi connectivity index (χ1n) is 6.99. The minimum atomic E-state index is -0.348. The van der Waals surface area contributed by atoms with Crippen LogP contribution >= 0.6 is 11.8 Å². The molecule has 2 rings (SSSR count). The number of hydrogen-bond acceptors (Lipinski definition) is 5. The molecule has 20 heavy (non-hydrogen) atoms. The van der Waals surface area contributed by atoms with Crippen molar-refractivity contribution in [2.45, 2.75) is 37.5 Å². The molecule has 2 N–H and O–H groups in total. The summed E-state index contributed by atoms with van der Waals surface area (Å²) in [5.41, 5.74) is 1.72. The van der Waals surface area contributed by atoms with Crippen LogP contribution < -0.4 is 10.6 Å². The summed E-state index contributed by atoms with van der Waals surface area (Å²) in [7, 11) is 1.77. The molecule has 5 nitrogen and oxygen atoms in total. The molecule has 0 spiro atoms. The third-order valence-corrected chi connectivity index (χ3v) is 4.93. The van der Waals surface area contributed by atoms with E-state index in [1.807, 2.05) is 17.8 Å². The Hall–Kier alpha value is -1.43. The normalized spacial score (nSPS) is 21.7. The molecule has 0 saturated heterocycles. The van der Waals surface area contributed by atoms with Gasteiger partial charge >= 0.3 is 0 Å². The van der Waals surface area contributed by atoms with Crippen molar-refractivity contribution in [3.8, 4) is 0 Å². The van der Waals surface area contributed by atoms with Crippen LogP contribution in [0.1, 0.15) is 26.2 Å². The van der Waals surface area contributed by atoms with Gasteiger partial charge in [-0.3, -0.25) is 10.1 Å². The number of nitrogens with zero attached hydrogens (tertiary/aromatic N) is 1. The molecular weight excluding hydrogens is 274 g/mol. The van der Waals surface area contributed by atoms with Crippen molar-refractivity contribution in [3.05, 3.63) is 28.3 Å². The van der Waals surface area contributed by atoms with Gasteiger partial charge in [-0.1, -0.05) is 13.3 Å². The minimum Gasteiger partial charge on any atom is -0.388 e. The highest BCUT2D eigenvalue weighted by Gasteiger charge is 2.27. The van der Waals surface area contributed by atoms with E-state index in [1.165, 1.54) is 12.8 Å². The maximum absolute atomic E-state index is 11.0. The fraction of sp³-hybridized carbons (Fsp3) is 0.571. The van der Waals surface area contributed by atoms with Crippen molar-refractivity contribution in [1.82, 2.24) is 0 Å². The Balaban J connectivity index is 2.15. The average Bonchev–Trinajstić information content (AvgIpc) is 2.86. The Kier molecular flexibility index (Phi) is 5.11. The zero-order chi connectivity index (χ0) is 14.5. The van der Waals surface area contributed by atoms with E-state index in [4.69, 9.17) is 0 Å². The van der Waals surface area contributed by atoms with E-state index in [2.05, 4.69) is 17.6 Å². The van der Waals surface area contributed by atoms with Crippen LogP contribution in [0.2, 0.25) is 0 Å². The zero-order valence-electron chi connectivity index (χ0n) is 11.9. The molecule has 1 fully saturated rings.